The second-order valence-electron chi connectivity index (χ2n) is 4.40. The van der Waals surface area contributed by atoms with Gasteiger partial charge >= 0.3 is 0 Å². The topological polar surface area (TPSA) is 12.0 Å². The predicted molar refractivity (Wildman–Crippen MR) is 76.4 cm³/mol. The second kappa shape index (κ2) is 6.12. The summed E-state index contributed by atoms with van der Waals surface area (Å²) in [4.78, 5) is 2.21. The molecular weight excluding hydrogens is 245 g/mol. The first-order valence-corrected chi connectivity index (χ1v) is 7.08. The van der Waals surface area contributed by atoms with E-state index in [1.165, 1.54) is 4.88 Å². The highest BCUT2D eigenvalue weighted by Gasteiger charge is 2.08. The van der Waals surface area contributed by atoms with Crippen LogP contribution in [0, 0.1) is 12.7 Å². The van der Waals surface area contributed by atoms with Gasteiger partial charge in [-0.15, -0.1) is 11.3 Å². The Kier molecular flexibility index (Phi) is 4.50. The van der Waals surface area contributed by atoms with Gasteiger partial charge in [0.05, 0.1) is 0 Å². The Morgan fingerprint density at radius 2 is 2.06 bits per heavy atom. The van der Waals surface area contributed by atoms with Crippen molar-refractivity contribution in [2.45, 2.75) is 26.8 Å². The molecule has 0 aliphatic rings. The van der Waals surface area contributed by atoms with Crippen molar-refractivity contribution in [1.82, 2.24) is 5.32 Å². The number of aryl methyl sites for hydroxylation is 1. The highest BCUT2D eigenvalue weighted by atomic mass is 32.1. The van der Waals surface area contributed by atoms with Gasteiger partial charge in [-0.2, -0.15) is 0 Å². The van der Waals surface area contributed by atoms with Crippen LogP contribution in [0.15, 0.2) is 30.3 Å². The van der Waals surface area contributed by atoms with Gasteiger partial charge in [0.25, 0.3) is 0 Å². The molecule has 0 aliphatic carbocycles. The second-order valence-corrected chi connectivity index (χ2v) is 5.69. The summed E-state index contributed by atoms with van der Waals surface area (Å²) in [5.41, 5.74) is 1.84. The third-order valence-electron chi connectivity index (χ3n) is 2.79. The number of thiophene rings is 1. The highest BCUT2D eigenvalue weighted by molar-refractivity contribution is 7.15. The molecule has 0 bridgehead atoms. The van der Waals surface area contributed by atoms with Gasteiger partial charge in [-0.05, 0) is 49.7 Å². The molecule has 0 amide bonds. The molecule has 0 radical (unpaired) electrons. The quantitative estimate of drug-likeness (QED) is 0.790. The van der Waals surface area contributed by atoms with E-state index in [9.17, 15) is 4.39 Å². The molecular formula is C15H18FNS. The summed E-state index contributed by atoms with van der Waals surface area (Å²) >= 11 is 1.63. The Labute approximate surface area is 112 Å². The highest BCUT2D eigenvalue weighted by Crippen LogP contribution is 2.30. The molecule has 0 atom stereocenters. The molecule has 3 heteroatoms. The molecule has 18 heavy (non-hydrogen) atoms. The zero-order valence-electron chi connectivity index (χ0n) is 10.8. The minimum Gasteiger partial charge on any atom is -0.313 e. The number of halogens is 1. The molecule has 1 N–H and O–H groups in total. The standard InChI is InChI=1S/C15H18FNS/c1-3-8-17-10-12-5-6-14(16)13(9-12)15-7-4-11(2)18-15/h4-7,9,17H,3,8,10H2,1-2H3. The smallest absolute Gasteiger partial charge is 0.131 e. The third-order valence-corrected chi connectivity index (χ3v) is 3.83. The lowest BCUT2D eigenvalue weighted by atomic mass is 10.1. The maximum Gasteiger partial charge on any atom is 0.131 e. The van der Waals surface area contributed by atoms with Gasteiger partial charge in [0.1, 0.15) is 5.82 Å². The van der Waals surface area contributed by atoms with E-state index in [4.69, 9.17) is 0 Å². The summed E-state index contributed by atoms with van der Waals surface area (Å²) in [5, 5.41) is 3.34. The Hall–Kier alpha value is -1.19. The van der Waals surface area contributed by atoms with E-state index in [2.05, 4.69) is 12.2 Å². The molecule has 0 spiro atoms. The van der Waals surface area contributed by atoms with E-state index in [1.54, 1.807) is 17.4 Å². The van der Waals surface area contributed by atoms with Crippen LogP contribution in [-0.2, 0) is 6.54 Å². The fraction of sp³-hybridized carbons (Fsp3) is 0.333. The number of rotatable bonds is 5. The molecule has 96 valence electrons. The van der Waals surface area contributed by atoms with Gasteiger partial charge in [0.2, 0.25) is 0 Å². The van der Waals surface area contributed by atoms with Gasteiger partial charge in [-0.1, -0.05) is 13.0 Å². The maximum absolute atomic E-state index is 13.8. The summed E-state index contributed by atoms with van der Waals surface area (Å²) in [6.07, 6.45) is 1.11. The van der Waals surface area contributed by atoms with Gasteiger partial charge in [-0.25, -0.2) is 4.39 Å². The molecule has 0 saturated heterocycles. The van der Waals surface area contributed by atoms with E-state index >= 15 is 0 Å². The fourth-order valence-electron chi connectivity index (χ4n) is 1.86. The summed E-state index contributed by atoms with van der Waals surface area (Å²) in [7, 11) is 0. The van der Waals surface area contributed by atoms with Crippen molar-refractivity contribution in [1.29, 1.82) is 0 Å². The van der Waals surface area contributed by atoms with Crippen LogP contribution in [0.5, 0.6) is 0 Å². The SMILES string of the molecule is CCCNCc1ccc(F)c(-c2ccc(C)s2)c1. The predicted octanol–water partition coefficient (Wildman–Crippen LogP) is 4.36. The van der Waals surface area contributed by atoms with Crippen LogP contribution in [0.25, 0.3) is 10.4 Å². The Balaban J connectivity index is 2.21. The Morgan fingerprint density at radius 3 is 2.72 bits per heavy atom. The number of benzene rings is 1. The van der Waals surface area contributed by atoms with Crippen LogP contribution >= 0.6 is 11.3 Å². The minimum atomic E-state index is -0.143. The first-order valence-electron chi connectivity index (χ1n) is 6.26. The molecule has 0 aliphatic heterocycles. The Bertz CT molecular complexity index is 519. The van der Waals surface area contributed by atoms with E-state index in [-0.39, 0.29) is 5.82 Å². The van der Waals surface area contributed by atoms with Gasteiger partial charge in [-0.3, -0.25) is 0 Å². The van der Waals surface area contributed by atoms with Crippen molar-refractivity contribution < 1.29 is 4.39 Å². The van der Waals surface area contributed by atoms with E-state index < -0.39 is 0 Å². The van der Waals surface area contributed by atoms with Gasteiger partial charge < -0.3 is 5.32 Å². The van der Waals surface area contributed by atoms with Crippen LogP contribution in [0.3, 0.4) is 0 Å². The molecule has 0 unspecified atom stereocenters. The monoisotopic (exact) mass is 263 g/mol. The van der Waals surface area contributed by atoms with Crippen molar-refractivity contribution in [2.75, 3.05) is 6.54 Å². The molecule has 1 aromatic heterocycles. The van der Waals surface area contributed by atoms with Crippen molar-refractivity contribution in [3.63, 3.8) is 0 Å². The van der Waals surface area contributed by atoms with Gasteiger partial charge in [0.15, 0.2) is 0 Å². The average molecular weight is 263 g/mol. The first-order chi connectivity index (χ1) is 8.70. The van der Waals surface area contributed by atoms with E-state index in [1.807, 2.05) is 31.2 Å². The van der Waals surface area contributed by atoms with Crippen molar-refractivity contribution in [2.24, 2.45) is 0 Å². The summed E-state index contributed by atoms with van der Waals surface area (Å²) in [5.74, 6) is -0.143. The summed E-state index contributed by atoms with van der Waals surface area (Å²) < 4.78 is 13.8. The fourth-order valence-corrected chi connectivity index (χ4v) is 2.75. The zero-order valence-corrected chi connectivity index (χ0v) is 11.6. The maximum atomic E-state index is 13.8. The molecule has 0 saturated carbocycles. The molecule has 1 nitrogen and oxygen atoms in total. The van der Waals surface area contributed by atoms with Gasteiger partial charge in [0, 0.05) is 21.9 Å². The number of hydrogen-bond donors (Lipinski definition) is 1. The van der Waals surface area contributed by atoms with Crippen LogP contribution in [0.4, 0.5) is 4.39 Å². The van der Waals surface area contributed by atoms with Crippen LogP contribution in [0.1, 0.15) is 23.8 Å². The van der Waals surface area contributed by atoms with Crippen molar-refractivity contribution in [3.05, 3.63) is 46.6 Å². The number of hydrogen-bond acceptors (Lipinski definition) is 2. The van der Waals surface area contributed by atoms with Crippen LogP contribution in [0.2, 0.25) is 0 Å². The van der Waals surface area contributed by atoms with Crippen molar-refractivity contribution >= 4 is 11.3 Å². The summed E-state index contributed by atoms with van der Waals surface area (Å²) in [6.45, 7) is 5.96. The van der Waals surface area contributed by atoms with E-state index in [0.29, 0.717) is 5.56 Å². The molecule has 2 aromatic rings. The Morgan fingerprint density at radius 1 is 1.22 bits per heavy atom. The largest absolute Gasteiger partial charge is 0.313 e. The lowest BCUT2D eigenvalue weighted by Crippen LogP contribution is -2.13. The van der Waals surface area contributed by atoms with Crippen LogP contribution < -0.4 is 5.32 Å². The summed E-state index contributed by atoms with van der Waals surface area (Å²) in [6, 6.07) is 9.38. The lowest BCUT2D eigenvalue weighted by molar-refractivity contribution is 0.628. The number of nitrogens with one attached hydrogen (secondary N) is 1. The van der Waals surface area contributed by atoms with Crippen molar-refractivity contribution in [3.8, 4) is 10.4 Å². The molecule has 2 rings (SSSR count). The molecule has 1 heterocycles. The average Bonchev–Trinajstić information content (AvgIpc) is 2.78. The zero-order chi connectivity index (χ0) is 13.0. The lowest BCUT2D eigenvalue weighted by Gasteiger charge is -2.06. The van der Waals surface area contributed by atoms with E-state index in [0.717, 1.165) is 30.0 Å². The molecule has 0 fully saturated rings. The first kappa shape index (κ1) is 13.2. The third kappa shape index (κ3) is 3.18. The normalized spacial score (nSPS) is 10.8. The van der Waals surface area contributed by atoms with Crippen LogP contribution in [-0.4, -0.2) is 6.54 Å². The minimum absolute atomic E-state index is 0.143. The molecule has 1 aromatic carbocycles.